The van der Waals surface area contributed by atoms with Crippen molar-refractivity contribution in [2.24, 2.45) is 0 Å². The summed E-state index contributed by atoms with van der Waals surface area (Å²) < 4.78 is 40.3. The summed E-state index contributed by atoms with van der Waals surface area (Å²) in [6, 6.07) is 3.75. The van der Waals surface area contributed by atoms with Gasteiger partial charge >= 0.3 is 6.18 Å². The van der Waals surface area contributed by atoms with E-state index in [1.165, 1.54) is 24.0 Å². The van der Waals surface area contributed by atoms with Crippen LogP contribution in [0.4, 0.5) is 18.9 Å². The predicted molar refractivity (Wildman–Crippen MR) is 79.5 cm³/mol. The van der Waals surface area contributed by atoms with Crippen molar-refractivity contribution in [2.45, 2.75) is 33.0 Å². The van der Waals surface area contributed by atoms with E-state index in [1.807, 2.05) is 6.92 Å². The number of hydrogen-bond donors (Lipinski definition) is 0. The summed E-state index contributed by atoms with van der Waals surface area (Å²) in [6.07, 6.45) is -2.76. The summed E-state index contributed by atoms with van der Waals surface area (Å²) in [5.74, 6) is -0.239. The molecule has 122 valence electrons. The molecule has 1 atom stereocenters. The fourth-order valence-electron chi connectivity index (χ4n) is 2.96. The monoisotopic (exact) mass is 323 g/mol. The van der Waals surface area contributed by atoms with Gasteiger partial charge in [0.15, 0.2) is 0 Å². The Balaban J connectivity index is 2.02. The molecule has 0 radical (unpaired) electrons. The van der Waals surface area contributed by atoms with Crippen molar-refractivity contribution in [1.82, 2.24) is 9.78 Å². The van der Waals surface area contributed by atoms with Crippen molar-refractivity contribution in [3.63, 3.8) is 0 Å². The number of halogens is 3. The van der Waals surface area contributed by atoms with E-state index in [-0.39, 0.29) is 17.5 Å². The Morgan fingerprint density at radius 3 is 2.52 bits per heavy atom. The van der Waals surface area contributed by atoms with Crippen LogP contribution in [-0.4, -0.2) is 22.2 Å². The molecule has 1 aliphatic heterocycles. The standard InChI is InChI=1S/C16H16F3N3O/c1-9-6-12(4-5-13(9)16(17,18)19)21-8-11(3)22-14(15(21)23)10(2)7-20-22/h4-7,11H,8H2,1-3H3. The number of alkyl halides is 3. The van der Waals surface area contributed by atoms with Gasteiger partial charge < -0.3 is 4.90 Å². The lowest BCUT2D eigenvalue weighted by molar-refractivity contribution is -0.138. The summed E-state index contributed by atoms with van der Waals surface area (Å²) in [5, 5.41) is 4.20. The summed E-state index contributed by atoms with van der Waals surface area (Å²) in [7, 11) is 0. The third-order valence-corrected chi connectivity index (χ3v) is 4.12. The van der Waals surface area contributed by atoms with E-state index in [1.54, 1.807) is 17.8 Å². The van der Waals surface area contributed by atoms with Crippen LogP contribution in [0, 0.1) is 13.8 Å². The van der Waals surface area contributed by atoms with Crippen LogP contribution < -0.4 is 4.90 Å². The van der Waals surface area contributed by atoms with E-state index in [2.05, 4.69) is 5.10 Å². The van der Waals surface area contributed by atoms with Crippen LogP contribution >= 0.6 is 0 Å². The zero-order chi connectivity index (χ0) is 16.9. The van der Waals surface area contributed by atoms with Gasteiger partial charge in [-0.15, -0.1) is 0 Å². The lowest BCUT2D eigenvalue weighted by Gasteiger charge is -2.32. The molecule has 0 spiro atoms. The van der Waals surface area contributed by atoms with E-state index < -0.39 is 11.7 Å². The topological polar surface area (TPSA) is 38.1 Å². The number of carbonyl (C=O) groups excluding carboxylic acids is 1. The smallest absolute Gasteiger partial charge is 0.305 e. The SMILES string of the molecule is Cc1cc(N2CC(C)n3ncc(C)c3C2=O)ccc1C(F)(F)F. The van der Waals surface area contributed by atoms with Gasteiger partial charge in [0, 0.05) is 17.8 Å². The maximum absolute atomic E-state index is 12.9. The number of anilines is 1. The Labute approximate surface area is 131 Å². The molecule has 2 aromatic rings. The van der Waals surface area contributed by atoms with Crippen molar-refractivity contribution in [2.75, 3.05) is 11.4 Å². The first-order chi connectivity index (χ1) is 10.7. The predicted octanol–water partition coefficient (Wildman–Crippen LogP) is 3.74. The van der Waals surface area contributed by atoms with E-state index in [0.29, 0.717) is 17.9 Å². The van der Waals surface area contributed by atoms with Gasteiger partial charge in [-0.2, -0.15) is 18.3 Å². The number of nitrogens with zero attached hydrogens (tertiary/aromatic N) is 3. The van der Waals surface area contributed by atoms with Crippen LogP contribution in [0.3, 0.4) is 0 Å². The lowest BCUT2D eigenvalue weighted by atomic mass is 10.1. The highest BCUT2D eigenvalue weighted by molar-refractivity contribution is 6.06. The van der Waals surface area contributed by atoms with Crippen LogP contribution in [0.15, 0.2) is 24.4 Å². The normalized spacial score (nSPS) is 18.3. The van der Waals surface area contributed by atoms with Gasteiger partial charge in [-0.1, -0.05) is 0 Å². The summed E-state index contributed by atoms with van der Waals surface area (Å²) in [5.41, 5.74) is 1.14. The molecule has 2 heterocycles. The molecule has 1 aromatic carbocycles. The number of amides is 1. The Morgan fingerprint density at radius 1 is 1.22 bits per heavy atom. The number of rotatable bonds is 1. The lowest BCUT2D eigenvalue weighted by Crippen LogP contribution is -2.43. The van der Waals surface area contributed by atoms with Crippen LogP contribution in [0.5, 0.6) is 0 Å². The number of carbonyl (C=O) groups is 1. The summed E-state index contributed by atoms with van der Waals surface area (Å²) in [4.78, 5) is 14.2. The zero-order valence-electron chi connectivity index (χ0n) is 13.0. The minimum atomic E-state index is -4.39. The van der Waals surface area contributed by atoms with Crippen molar-refractivity contribution in [3.8, 4) is 0 Å². The highest BCUT2D eigenvalue weighted by Gasteiger charge is 2.35. The molecule has 1 aromatic heterocycles. The fourth-order valence-corrected chi connectivity index (χ4v) is 2.96. The molecule has 0 N–H and O–H groups in total. The van der Waals surface area contributed by atoms with Crippen molar-refractivity contribution in [1.29, 1.82) is 0 Å². The molecule has 1 aliphatic rings. The third-order valence-electron chi connectivity index (χ3n) is 4.12. The minimum absolute atomic E-state index is 0.0426. The van der Waals surface area contributed by atoms with Gasteiger partial charge in [0.1, 0.15) is 5.69 Å². The van der Waals surface area contributed by atoms with E-state index >= 15 is 0 Å². The third kappa shape index (κ3) is 2.50. The molecule has 1 amide bonds. The van der Waals surface area contributed by atoms with Gasteiger partial charge in [-0.25, -0.2) is 0 Å². The molecule has 7 heteroatoms. The first-order valence-corrected chi connectivity index (χ1v) is 7.24. The van der Waals surface area contributed by atoms with Crippen molar-refractivity contribution < 1.29 is 18.0 Å². The minimum Gasteiger partial charge on any atom is -0.305 e. The molecule has 0 bridgehead atoms. The maximum Gasteiger partial charge on any atom is 0.416 e. The molecule has 0 fully saturated rings. The molecule has 0 saturated carbocycles. The molecular formula is C16H16F3N3O. The Morgan fingerprint density at radius 2 is 1.91 bits per heavy atom. The Bertz CT molecular complexity index is 779. The highest BCUT2D eigenvalue weighted by Crippen LogP contribution is 2.35. The second kappa shape index (κ2) is 5.11. The van der Waals surface area contributed by atoms with Crippen LogP contribution in [0.1, 0.15) is 40.1 Å². The molecule has 3 rings (SSSR count). The van der Waals surface area contributed by atoms with Gasteiger partial charge in [0.05, 0.1) is 17.8 Å². The molecule has 23 heavy (non-hydrogen) atoms. The highest BCUT2D eigenvalue weighted by atomic mass is 19.4. The van der Waals surface area contributed by atoms with E-state index in [0.717, 1.165) is 11.6 Å². The molecule has 0 aliphatic carbocycles. The molecule has 0 saturated heterocycles. The second-order valence-electron chi connectivity index (χ2n) is 5.88. The van der Waals surface area contributed by atoms with Gasteiger partial charge in [0.25, 0.3) is 5.91 Å². The average molecular weight is 323 g/mol. The molecular weight excluding hydrogens is 307 g/mol. The summed E-state index contributed by atoms with van der Waals surface area (Å²) in [6.45, 7) is 5.49. The quantitative estimate of drug-likeness (QED) is 0.802. The number of hydrogen-bond acceptors (Lipinski definition) is 2. The van der Waals surface area contributed by atoms with Crippen LogP contribution in [-0.2, 0) is 6.18 Å². The summed E-state index contributed by atoms with van der Waals surface area (Å²) >= 11 is 0. The van der Waals surface area contributed by atoms with Crippen molar-refractivity contribution >= 4 is 11.6 Å². The first-order valence-electron chi connectivity index (χ1n) is 7.24. The molecule has 4 nitrogen and oxygen atoms in total. The Hall–Kier alpha value is -2.31. The average Bonchev–Trinajstić information content (AvgIpc) is 2.84. The van der Waals surface area contributed by atoms with Crippen molar-refractivity contribution in [3.05, 3.63) is 46.8 Å². The number of aryl methyl sites for hydroxylation is 2. The largest absolute Gasteiger partial charge is 0.416 e. The van der Waals surface area contributed by atoms with E-state index in [9.17, 15) is 18.0 Å². The number of aromatic nitrogens is 2. The Kier molecular flexibility index (Phi) is 3.46. The number of fused-ring (bicyclic) bond motifs is 1. The van der Waals surface area contributed by atoms with Crippen LogP contribution in [0.2, 0.25) is 0 Å². The number of benzene rings is 1. The molecule has 1 unspecified atom stereocenters. The van der Waals surface area contributed by atoms with Crippen LogP contribution in [0.25, 0.3) is 0 Å². The van der Waals surface area contributed by atoms with Gasteiger partial charge in [-0.3, -0.25) is 9.48 Å². The first kappa shape index (κ1) is 15.6. The second-order valence-corrected chi connectivity index (χ2v) is 5.88. The fraction of sp³-hybridized carbons (Fsp3) is 0.375. The van der Waals surface area contributed by atoms with Gasteiger partial charge in [-0.05, 0) is 44.5 Å². The maximum atomic E-state index is 12.9. The van der Waals surface area contributed by atoms with Gasteiger partial charge in [0.2, 0.25) is 0 Å². The van der Waals surface area contributed by atoms with E-state index in [4.69, 9.17) is 0 Å². The zero-order valence-corrected chi connectivity index (χ0v) is 13.0.